The lowest BCUT2D eigenvalue weighted by Gasteiger charge is -2.13. The Bertz CT molecular complexity index is 1310. The summed E-state index contributed by atoms with van der Waals surface area (Å²) < 4.78 is 103. The number of aryl methyl sites for hydroxylation is 1. The number of benzene rings is 1. The van der Waals surface area contributed by atoms with Crippen molar-refractivity contribution in [3.8, 4) is 11.4 Å². The Balaban J connectivity index is 2.19. The highest BCUT2D eigenvalue weighted by molar-refractivity contribution is 7.91. The van der Waals surface area contributed by atoms with Gasteiger partial charge >= 0.3 is 18.3 Å². The van der Waals surface area contributed by atoms with Gasteiger partial charge in [-0.3, -0.25) is 4.79 Å². The maximum Gasteiger partial charge on any atom is 0.471 e. The van der Waals surface area contributed by atoms with Crippen molar-refractivity contribution < 1.29 is 39.6 Å². The topological polar surface area (TPSA) is 93.9 Å². The third-order valence-electron chi connectivity index (χ3n) is 4.51. The van der Waals surface area contributed by atoms with E-state index in [4.69, 9.17) is 0 Å². The molecule has 2 aromatic heterocycles. The van der Waals surface area contributed by atoms with Crippen LogP contribution < -0.4 is 5.32 Å². The zero-order valence-corrected chi connectivity index (χ0v) is 17.2. The van der Waals surface area contributed by atoms with Crippen LogP contribution in [0.25, 0.3) is 22.4 Å². The van der Waals surface area contributed by atoms with Gasteiger partial charge in [0.1, 0.15) is 11.5 Å². The molecule has 2 heterocycles. The molecule has 14 heteroatoms. The van der Waals surface area contributed by atoms with E-state index in [1.807, 2.05) is 0 Å². The minimum Gasteiger partial charge on any atom is -0.326 e. The number of fused-ring (bicyclic) bond motifs is 1. The average molecular weight is 480 g/mol. The maximum atomic E-state index is 13.0. The molecule has 1 amide bonds. The molecule has 172 valence electrons. The number of carbonyl (C=O) groups excluding carboxylic acids is 1. The molecular formula is C18H14F6N4O3S. The zero-order valence-electron chi connectivity index (χ0n) is 16.3. The molecule has 7 nitrogen and oxygen atoms in total. The van der Waals surface area contributed by atoms with Crippen molar-refractivity contribution in [1.29, 1.82) is 0 Å². The van der Waals surface area contributed by atoms with Crippen LogP contribution in [-0.4, -0.2) is 40.8 Å². The Morgan fingerprint density at radius 1 is 1.12 bits per heavy atom. The Morgan fingerprint density at radius 2 is 1.78 bits per heavy atom. The fourth-order valence-electron chi connectivity index (χ4n) is 2.88. The number of pyridine rings is 1. The molecular weight excluding hydrogens is 466 g/mol. The summed E-state index contributed by atoms with van der Waals surface area (Å²) in [6, 6.07) is 3.70. The highest BCUT2D eigenvalue weighted by Gasteiger charge is 2.39. The Hall–Kier alpha value is -3.16. The monoisotopic (exact) mass is 480 g/mol. The van der Waals surface area contributed by atoms with Crippen LogP contribution in [0.1, 0.15) is 12.6 Å². The van der Waals surface area contributed by atoms with Crippen LogP contribution in [0, 0.1) is 0 Å². The lowest BCUT2D eigenvalue weighted by Crippen LogP contribution is -2.30. The Labute approximate surface area is 177 Å². The lowest BCUT2D eigenvalue weighted by atomic mass is 10.2. The van der Waals surface area contributed by atoms with Crippen molar-refractivity contribution in [3.05, 3.63) is 36.2 Å². The van der Waals surface area contributed by atoms with Crippen molar-refractivity contribution in [2.75, 3.05) is 11.1 Å². The summed E-state index contributed by atoms with van der Waals surface area (Å²) in [7, 11) is -2.62. The number of carbonyl (C=O) groups is 1. The molecule has 0 aliphatic heterocycles. The van der Waals surface area contributed by atoms with E-state index in [-0.39, 0.29) is 22.4 Å². The summed E-state index contributed by atoms with van der Waals surface area (Å²) in [6.45, 7) is 1.30. The van der Waals surface area contributed by atoms with E-state index < -0.39 is 50.1 Å². The van der Waals surface area contributed by atoms with Gasteiger partial charge in [0, 0.05) is 18.3 Å². The van der Waals surface area contributed by atoms with Gasteiger partial charge in [-0.2, -0.15) is 26.3 Å². The molecule has 3 aromatic rings. The number of aromatic nitrogens is 3. The number of sulfone groups is 1. The quantitative estimate of drug-likeness (QED) is 0.571. The summed E-state index contributed by atoms with van der Waals surface area (Å²) in [5.74, 6) is -2.78. The van der Waals surface area contributed by atoms with E-state index in [2.05, 4.69) is 9.97 Å². The minimum absolute atomic E-state index is 0.0538. The van der Waals surface area contributed by atoms with Crippen LogP contribution in [0.5, 0.6) is 0 Å². The molecule has 0 saturated heterocycles. The maximum absolute atomic E-state index is 13.0. The molecule has 0 unspecified atom stereocenters. The molecule has 1 N–H and O–H groups in total. The molecule has 0 atom stereocenters. The summed E-state index contributed by atoms with van der Waals surface area (Å²) in [4.78, 5) is 18.2. The van der Waals surface area contributed by atoms with E-state index in [1.54, 1.807) is 5.32 Å². The van der Waals surface area contributed by atoms with Gasteiger partial charge in [-0.15, -0.1) is 0 Å². The molecule has 0 saturated carbocycles. The van der Waals surface area contributed by atoms with Gasteiger partial charge in [-0.05, 0) is 24.3 Å². The summed E-state index contributed by atoms with van der Waals surface area (Å²) in [6.07, 6.45) is -8.98. The van der Waals surface area contributed by atoms with Crippen LogP contribution in [-0.2, 0) is 27.9 Å². The molecule has 32 heavy (non-hydrogen) atoms. The van der Waals surface area contributed by atoms with Gasteiger partial charge in [0.2, 0.25) is 0 Å². The van der Waals surface area contributed by atoms with Gasteiger partial charge in [0.05, 0.1) is 27.9 Å². The number of rotatable bonds is 4. The first kappa shape index (κ1) is 23.5. The number of nitrogens with one attached hydrogen (secondary N) is 1. The summed E-state index contributed by atoms with van der Waals surface area (Å²) in [5, 5.41) is 1.57. The predicted octanol–water partition coefficient (Wildman–Crippen LogP) is 3.95. The molecule has 3 rings (SSSR count). The Kier molecular flexibility index (Phi) is 5.70. The zero-order chi connectivity index (χ0) is 24.1. The summed E-state index contributed by atoms with van der Waals surface area (Å²) >= 11 is 0. The molecule has 0 bridgehead atoms. The third-order valence-corrected chi connectivity index (χ3v) is 6.28. The van der Waals surface area contributed by atoms with Crippen molar-refractivity contribution >= 4 is 32.5 Å². The number of hydrogen-bond acceptors (Lipinski definition) is 5. The average Bonchev–Trinajstić information content (AvgIpc) is 3.02. The first-order chi connectivity index (χ1) is 14.6. The highest BCUT2D eigenvalue weighted by Crippen LogP contribution is 2.34. The minimum atomic E-state index is -5.19. The fraction of sp³-hybridized carbons (Fsp3) is 0.278. The number of amides is 1. The number of nitrogens with zero attached hydrogens (tertiary/aromatic N) is 3. The van der Waals surface area contributed by atoms with Gasteiger partial charge < -0.3 is 9.88 Å². The smallest absolute Gasteiger partial charge is 0.326 e. The molecule has 0 spiro atoms. The number of alkyl halides is 6. The second-order valence-electron chi connectivity index (χ2n) is 6.62. The number of imidazole rings is 1. The van der Waals surface area contributed by atoms with Gasteiger partial charge in [0.15, 0.2) is 9.84 Å². The standard InChI is InChI=1S/C18H14F6N4O3S/c1-3-32(30,31)13-6-9(26-16(29)18(22,23)24)4-5-10(13)15-27-11-7-14(17(19,20)21)25-8-12(11)28(15)2/h4-8H,3H2,1-2H3,(H,26,29). The highest BCUT2D eigenvalue weighted by atomic mass is 32.2. The van der Waals surface area contributed by atoms with E-state index in [9.17, 15) is 39.6 Å². The van der Waals surface area contributed by atoms with Gasteiger partial charge in [0.25, 0.3) is 0 Å². The van der Waals surface area contributed by atoms with E-state index in [0.29, 0.717) is 6.07 Å². The number of halogens is 6. The van der Waals surface area contributed by atoms with Crippen molar-refractivity contribution in [2.45, 2.75) is 24.2 Å². The van der Waals surface area contributed by atoms with E-state index in [0.717, 1.165) is 24.4 Å². The van der Waals surface area contributed by atoms with Crippen molar-refractivity contribution in [1.82, 2.24) is 14.5 Å². The second kappa shape index (κ2) is 7.76. The first-order valence-corrected chi connectivity index (χ1v) is 10.5. The second-order valence-corrected chi connectivity index (χ2v) is 8.86. The molecule has 0 aliphatic carbocycles. The number of hydrogen-bond donors (Lipinski definition) is 1. The van der Waals surface area contributed by atoms with E-state index >= 15 is 0 Å². The van der Waals surface area contributed by atoms with Gasteiger partial charge in [-0.1, -0.05) is 6.92 Å². The summed E-state index contributed by atoms with van der Waals surface area (Å²) in [5.41, 5.74) is -1.63. The molecule has 1 aromatic carbocycles. The number of anilines is 1. The van der Waals surface area contributed by atoms with Crippen LogP contribution in [0.2, 0.25) is 0 Å². The Morgan fingerprint density at radius 3 is 2.34 bits per heavy atom. The van der Waals surface area contributed by atoms with Gasteiger partial charge in [-0.25, -0.2) is 18.4 Å². The van der Waals surface area contributed by atoms with Crippen molar-refractivity contribution in [3.63, 3.8) is 0 Å². The third kappa shape index (κ3) is 4.40. The normalized spacial score (nSPS) is 12.9. The fourth-order valence-corrected chi connectivity index (χ4v) is 4.00. The van der Waals surface area contributed by atoms with E-state index in [1.165, 1.54) is 18.5 Å². The lowest BCUT2D eigenvalue weighted by molar-refractivity contribution is -0.167. The van der Waals surface area contributed by atoms with Crippen LogP contribution in [0.4, 0.5) is 32.0 Å². The van der Waals surface area contributed by atoms with Crippen molar-refractivity contribution in [2.24, 2.45) is 7.05 Å². The van der Waals surface area contributed by atoms with Crippen LogP contribution >= 0.6 is 0 Å². The van der Waals surface area contributed by atoms with Crippen LogP contribution in [0.15, 0.2) is 35.4 Å². The first-order valence-electron chi connectivity index (χ1n) is 8.80. The van der Waals surface area contributed by atoms with Crippen LogP contribution in [0.3, 0.4) is 0 Å². The molecule has 0 aliphatic rings. The largest absolute Gasteiger partial charge is 0.471 e. The SMILES string of the molecule is CCS(=O)(=O)c1cc(NC(=O)C(F)(F)F)ccc1-c1nc2cc(C(F)(F)F)ncc2n1C. The molecule has 0 radical (unpaired) electrons. The molecule has 0 fully saturated rings. The predicted molar refractivity (Wildman–Crippen MR) is 101 cm³/mol.